The Hall–Kier alpha value is -1.88. The van der Waals surface area contributed by atoms with Crippen LogP contribution in [0, 0.1) is 23.2 Å². The summed E-state index contributed by atoms with van der Waals surface area (Å²) in [6, 6.07) is 7.32. The van der Waals surface area contributed by atoms with Crippen LogP contribution in [-0.2, 0) is 9.53 Å². The predicted molar refractivity (Wildman–Crippen MR) is 107 cm³/mol. The summed E-state index contributed by atoms with van der Waals surface area (Å²) in [5, 5.41) is 6.10. The van der Waals surface area contributed by atoms with Gasteiger partial charge in [0, 0.05) is 24.4 Å². The van der Waals surface area contributed by atoms with E-state index in [0.717, 1.165) is 62.2 Å². The van der Waals surface area contributed by atoms with Gasteiger partial charge in [0.1, 0.15) is 0 Å². The largest absolute Gasteiger partial charge is 0.376 e. The Labute approximate surface area is 166 Å². The first kappa shape index (κ1) is 18.2. The molecule has 5 aliphatic rings. The number of hydrogen-bond donors (Lipinski definition) is 2. The highest BCUT2D eigenvalue weighted by atomic mass is 16.5. The van der Waals surface area contributed by atoms with Gasteiger partial charge in [-0.1, -0.05) is 6.07 Å². The predicted octanol–water partition coefficient (Wildman–Crippen LogP) is 3.75. The van der Waals surface area contributed by atoms with E-state index >= 15 is 0 Å². The Kier molecular flexibility index (Phi) is 4.66. The van der Waals surface area contributed by atoms with Crippen LogP contribution in [0.25, 0.3) is 0 Å². The topological polar surface area (TPSA) is 67.4 Å². The summed E-state index contributed by atoms with van der Waals surface area (Å²) in [6.45, 7) is 1.33. The molecular weight excluding hydrogens is 352 g/mol. The zero-order valence-electron chi connectivity index (χ0n) is 16.4. The zero-order chi connectivity index (χ0) is 19.1. The standard InChI is InChI=1S/C23H30N2O3/c26-21(24-14-20-5-2-6-28-20)18-3-1-4-19(10-18)25-22(27)23-11-15-7-16(12-23)9-17(8-15)13-23/h1,3-4,10,15-17,20H,2,5-9,11-14H2,(H,24,26)(H,25,27). The highest BCUT2D eigenvalue weighted by molar-refractivity contribution is 5.99. The van der Waals surface area contributed by atoms with Crippen molar-refractivity contribution < 1.29 is 14.3 Å². The van der Waals surface area contributed by atoms with E-state index in [1.54, 1.807) is 12.1 Å². The third-order valence-electron chi connectivity index (χ3n) is 7.42. The molecule has 2 amide bonds. The molecule has 4 saturated carbocycles. The second-order valence-electron chi connectivity index (χ2n) is 9.58. The number of nitrogens with one attached hydrogen (secondary N) is 2. The number of carbonyl (C=O) groups excluding carboxylic acids is 2. The Morgan fingerprint density at radius 1 is 1.07 bits per heavy atom. The molecule has 1 unspecified atom stereocenters. The number of ether oxygens (including phenoxy) is 1. The number of benzene rings is 1. The Morgan fingerprint density at radius 2 is 1.79 bits per heavy atom. The highest BCUT2D eigenvalue weighted by Crippen LogP contribution is 2.60. The first-order valence-electron chi connectivity index (χ1n) is 10.9. The van der Waals surface area contributed by atoms with Gasteiger partial charge < -0.3 is 15.4 Å². The van der Waals surface area contributed by atoms with Gasteiger partial charge in [0.05, 0.1) is 11.5 Å². The number of carbonyl (C=O) groups is 2. The summed E-state index contributed by atoms with van der Waals surface area (Å²) in [4.78, 5) is 25.7. The van der Waals surface area contributed by atoms with Crippen LogP contribution in [0.5, 0.6) is 0 Å². The third-order valence-corrected chi connectivity index (χ3v) is 7.42. The highest BCUT2D eigenvalue weighted by Gasteiger charge is 2.54. The van der Waals surface area contributed by atoms with Crippen molar-refractivity contribution in [2.75, 3.05) is 18.5 Å². The lowest BCUT2D eigenvalue weighted by Gasteiger charge is -2.55. The summed E-state index contributed by atoms with van der Waals surface area (Å²) < 4.78 is 5.56. The summed E-state index contributed by atoms with van der Waals surface area (Å²) in [5.41, 5.74) is 1.14. The maximum absolute atomic E-state index is 13.2. The monoisotopic (exact) mass is 382 g/mol. The number of anilines is 1. The number of amides is 2. The summed E-state index contributed by atoms with van der Waals surface area (Å²) in [5.74, 6) is 2.29. The molecule has 5 fully saturated rings. The molecule has 1 aromatic rings. The second kappa shape index (κ2) is 7.18. The number of hydrogen-bond acceptors (Lipinski definition) is 3. The fraction of sp³-hybridized carbons (Fsp3) is 0.652. The summed E-state index contributed by atoms with van der Waals surface area (Å²) in [7, 11) is 0. The smallest absolute Gasteiger partial charge is 0.251 e. The fourth-order valence-electron chi connectivity index (χ4n) is 6.50. The zero-order valence-corrected chi connectivity index (χ0v) is 16.4. The Balaban J connectivity index is 1.24. The average Bonchev–Trinajstić information content (AvgIpc) is 3.19. The van der Waals surface area contributed by atoms with Crippen molar-refractivity contribution in [3.05, 3.63) is 29.8 Å². The molecule has 1 aromatic carbocycles. The van der Waals surface area contributed by atoms with E-state index in [1.165, 1.54) is 19.3 Å². The van der Waals surface area contributed by atoms with Crippen molar-refractivity contribution in [3.63, 3.8) is 0 Å². The lowest BCUT2D eigenvalue weighted by atomic mass is 9.49. The molecule has 4 bridgehead atoms. The van der Waals surface area contributed by atoms with E-state index in [2.05, 4.69) is 10.6 Å². The van der Waals surface area contributed by atoms with Crippen molar-refractivity contribution in [1.82, 2.24) is 5.32 Å². The molecule has 2 N–H and O–H groups in total. The van der Waals surface area contributed by atoms with Gasteiger partial charge in [0.15, 0.2) is 0 Å². The van der Waals surface area contributed by atoms with E-state index < -0.39 is 0 Å². The van der Waals surface area contributed by atoms with Gasteiger partial charge in [-0.2, -0.15) is 0 Å². The molecule has 0 spiro atoms. The lowest BCUT2D eigenvalue weighted by Crippen LogP contribution is -2.51. The SMILES string of the molecule is O=C(NCC1CCCO1)c1cccc(NC(=O)C23CC4CC(CC(C4)C2)C3)c1. The van der Waals surface area contributed by atoms with Crippen LogP contribution in [0.2, 0.25) is 0 Å². The van der Waals surface area contributed by atoms with Crippen LogP contribution in [0.4, 0.5) is 5.69 Å². The van der Waals surface area contributed by atoms with Gasteiger partial charge in [-0.25, -0.2) is 0 Å². The van der Waals surface area contributed by atoms with E-state index in [4.69, 9.17) is 4.74 Å². The molecule has 1 aliphatic heterocycles. The van der Waals surface area contributed by atoms with Gasteiger partial charge in [0.25, 0.3) is 5.91 Å². The minimum absolute atomic E-state index is 0.110. The maximum atomic E-state index is 13.2. The van der Waals surface area contributed by atoms with Crippen LogP contribution >= 0.6 is 0 Å². The summed E-state index contributed by atoms with van der Waals surface area (Å²) in [6.07, 6.45) is 9.31. The fourth-order valence-corrected chi connectivity index (χ4v) is 6.50. The Bertz CT molecular complexity index is 734. The van der Waals surface area contributed by atoms with Crippen molar-refractivity contribution >= 4 is 17.5 Å². The van der Waals surface area contributed by atoms with Gasteiger partial charge >= 0.3 is 0 Å². The van der Waals surface area contributed by atoms with Crippen LogP contribution in [0.15, 0.2) is 24.3 Å². The van der Waals surface area contributed by atoms with Gasteiger partial charge in [-0.3, -0.25) is 9.59 Å². The molecule has 5 nitrogen and oxygen atoms in total. The van der Waals surface area contributed by atoms with Crippen molar-refractivity contribution in [2.24, 2.45) is 23.2 Å². The first-order chi connectivity index (χ1) is 13.6. The minimum Gasteiger partial charge on any atom is -0.376 e. The van der Waals surface area contributed by atoms with E-state index in [9.17, 15) is 9.59 Å². The lowest BCUT2D eigenvalue weighted by molar-refractivity contribution is -0.140. The van der Waals surface area contributed by atoms with Crippen LogP contribution in [-0.4, -0.2) is 31.1 Å². The van der Waals surface area contributed by atoms with Gasteiger partial charge in [0.2, 0.25) is 5.91 Å². The van der Waals surface area contributed by atoms with Crippen molar-refractivity contribution in [1.29, 1.82) is 0 Å². The molecule has 0 aromatic heterocycles. The maximum Gasteiger partial charge on any atom is 0.251 e. The molecular formula is C23H30N2O3. The third kappa shape index (κ3) is 3.45. The molecule has 1 saturated heterocycles. The molecule has 4 aliphatic carbocycles. The van der Waals surface area contributed by atoms with E-state index in [1.807, 2.05) is 12.1 Å². The molecule has 1 atom stereocenters. The molecule has 0 radical (unpaired) electrons. The first-order valence-corrected chi connectivity index (χ1v) is 10.9. The molecule has 6 rings (SSSR count). The Morgan fingerprint density at radius 3 is 2.43 bits per heavy atom. The van der Waals surface area contributed by atoms with E-state index in [0.29, 0.717) is 12.1 Å². The van der Waals surface area contributed by atoms with Crippen molar-refractivity contribution in [2.45, 2.75) is 57.5 Å². The van der Waals surface area contributed by atoms with Crippen molar-refractivity contribution in [3.8, 4) is 0 Å². The number of rotatable bonds is 5. The normalized spacial score (nSPS) is 35.7. The van der Waals surface area contributed by atoms with Gasteiger partial charge in [-0.05, 0) is 87.3 Å². The molecule has 1 heterocycles. The van der Waals surface area contributed by atoms with Crippen LogP contribution in [0.3, 0.4) is 0 Å². The van der Waals surface area contributed by atoms with Gasteiger partial charge in [-0.15, -0.1) is 0 Å². The molecule has 28 heavy (non-hydrogen) atoms. The molecule has 150 valence electrons. The second-order valence-corrected chi connectivity index (χ2v) is 9.58. The van der Waals surface area contributed by atoms with Crippen LogP contribution in [0.1, 0.15) is 61.7 Å². The quantitative estimate of drug-likeness (QED) is 0.815. The minimum atomic E-state index is -0.174. The van der Waals surface area contributed by atoms with E-state index in [-0.39, 0.29) is 23.3 Å². The molecule has 5 heteroatoms. The average molecular weight is 383 g/mol. The van der Waals surface area contributed by atoms with Crippen LogP contribution < -0.4 is 10.6 Å². The summed E-state index contributed by atoms with van der Waals surface area (Å²) >= 11 is 0.